The summed E-state index contributed by atoms with van der Waals surface area (Å²) in [4.78, 5) is 10.5. The van der Waals surface area contributed by atoms with Gasteiger partial charge in [-0.3, -0.25) is 4.79 Å². The molecule has 0 spiro atoms. The van der Waals surface area contributed by atoms with E-state index in [0.29, 0.717) is 6.42 Å². The highest BCUT2D eigenvalue weighted by atomic mass is 16.5. The van der Waals surface area contributed by atoms with E-state index in [1.807, 2.05) is 54.6 Å². The van der Waals surface area contributed by atoms with Crippen LogP contribution in [-0.2, 0) is 4.79 Å². The maximum Gasteiger partial charge on any atom is 0.303 e. The zero-order chi connectivity index (χ0) is 25.0. The van der Waals surface area contributed by atoms with Crippen LogP contribution in [0.1, 0.15) is 103 Å². The number of carboxylic acids is 1. The maximum atomic E-state index is 10.5. The summed E-state index contributed by atoms with van der Waals surface area (Å²) in [5.41, 5.74) is 1.67. The van der Waals surface area contributed by atoms with Crippen LogP contribution in [0.4, 0.5) is 11.4 Å². The second-order valence-corrected chi connectivity index (χ2v) is 9.35. The number of unbranched alkanes of at least 4 members (excludes halogenated alkanes) is 11. The number of carbonyl (C=O) groups is 1. The molecule has 0 radical (unpaired) electrons. The van der Waals surface area contributed by atoms with Crippen molar-refractivity contribution in [3.05, 3.63) is 54.6 Å². The second kappa shape index (κ2) is 18.6. The summed E-state index contributed by atoms with van der Waals surface area (Å²) in [6.45, 7) is 2.19. The summed E-state index contributed by atoms with van der Waals surface area (Å²) in [6.07, 6.45) is 17.4. The topological polar surface area (TPSA) is 71.2 Å². The van der Waals surface area contributed by atoms with Gasteiger partial charge in [-0.2, -0.15) is 10.2 Å². The molecular weight excluding hydrogens is 436 g/mol. The monoisotopic (exact) mass is 480 g/mol. The predicted octanol–water partition coefficient (Wildman–Crippen LogP) is 9.81. The third-order valence-corrected chi connectivity index (χ3v) is 6.30. The number of rotatable bonds is 20. The Morgan fingerprint density at radius 3 is 1.71 bits per heavy atom. The third kappa shape index (κ3) is 14.3. The molecule has 5 nitrogen and oxygen atoms in total. The van der Waals surface area contributed by atoms with Crippen molar-refractivity contribution in [2.45, 2.75) is 109 Å². The van der Waals surface area contributed by atoms with Crippen LogP contribution in [0.3, 0.4) is 0 Å². The molecule has 0 saturated carbocycles. The molecule has 35 heavy (non-hydrogen) atoms. The first kappa shape index (κ1) is 28.5. The number of azo groups is 1. The lowest BCUT2D eigenvalue weighted by Gasteiger charge is -2.17. The molecule has 0 aliphatic rings. The number of carboxylic acid groups (broad SMARTS) is 1. The van der Waals surface area contributed by atoms with Crippen LogP contribution in [0.5, 0.6) is 5.75 Å². The van der Waals surface area contributed by atoms with Crippen molar-refractivity contribution in [2.75, 3.05) is 0 Å². The van der Waals surface area contributed by atoms with Gasteiger partial charge in [-0.1, -0.05) is 89.3 Å². The van der Waals surface area contributed by atoms with Crippen molar-refractivity contribution in [1.29, 1.82) is 0 Å². The summed E-state index contributed by atoms with van der Waals surface area (Å²) in [5.74, 6) is 0.230. The van der Waals surface area contributed by atoms with Crippen LogP contribution in [0.15, 0.2) is 64.8 Å². The number of hydrogen-bond acceptors (Lipinski definition) is 4. The quantitative estimate of drug-likeness (QED) is 0.151. The van der Waals surface area contributed by atoms with E-state index in [1.165, 1.54) is 64.2 Å². The van der Waals surface area contributed by atoms with Gasteiger partial charge < -0.3 is 9.84 Å². The number of aliphatic carboxylic acids is 1. The number of ether oxygens (including phenoxy) is 1. The van der Waals surface area contributed by atoms with Gasteiger partial charge in [0, 0.05) is 6.42 Å². The van der Waals surface area contributed by atoms with Crippen molar-refractivity contribution < 1.29 is 14.6 Å². The highest BCUT2D eigenvalue weighted by Gasteiger charge is 2.08. The molecule has 1 atom stereocenters. The Kier molecular flexibility index (Phi) is 15.2. The average Bonchev–Trinajstić information content (AvgIpc) is 2.88. The Morgan fingerprint density at radius 1 is 0.714 bits per heavy atom. The Morgan fingerprint density at radius 2 is 1.20 bits per heavy atom. The standard InChI is InChI=1S/C30H44N2O3/c1-2-28(20-16-11-9-7-5-3-4-6-8-10-12-17-21-30(33)34)35-29-24-22-27(23-25-29)32-31-26-18-14-13-15-19-26/h13-15,18-19,22-25,28H,2-12,16-17,20-21H2,1H3,(H,33,34). The molecule has 0 fully saturated rings. The molecule has 5 heteroatoms. The lowest BCUT2D eigenvalue weighted by molar-refractivity contribution is -0.137. The van der Waals surface area contributed by atoms with Gasteiger partial charge in [0.1, 0.15) is 5.75 Å². The van der Waals surface area contributed by atoms with Crippen molar-refractivity contribution in [2.24, 2.45) is 10.2 Å². The smallest absolute Gasteiger partial charge is 0.303 e. The molecule has 2 aromatic rings. The van der Waals surface area contributed by atoms with Crippen LogP contribution >= 0.6 is 0 Å². The molecule has 0 aliphatic carbocycles. The van der Waals surface area contributed by atoms with Crippen LogP contribution in [0, 0.1) is 0 Å². The molecule has 0 bridgehead atoms. The summed E-state index contributed by atoms with van der Waals surface area (Å²) >= 11 is 0. The summed E-state index contributed by atoms with van der Waals surface area (Å²) < 4.78 is 6.20. The Hall–Kier alpha value is -2.69. The highest BCUT2D eigenvalue weighted by molar-refractivity contribution is 5.66. The first-order chi connectivity index (χ1) is 17.2. The molecule has 1 N–H and O–H groups in total. The lowest BCUT2D eigenvalue weighted by atomic mass is 10.0. The van der Waals surface area contributed by atoms with Crippen molar-refractivity contribution in [3.8, 4) is 5.75 Å². The molecule has 0 amide bonds. The van der Waals surface area contributed by atoms with E-state index in [9.17, 15) is 4.79 Å². The zero-order valence-corrected chi connectivity index (χ0v) is 21.5. The minimum Gasteiger partial charge on any atom is -0.490 e. The fourth-order valence-electron chi connectivity index (χ4n) is 4.16. The number of hydrogen-bond donors (Lipinski definition) is 1. The second-order valence-electron chi connectivity index (χ2n) is 9.35. The average molecular weight is 481 g/mol. The summed E-state index contributed by atoms with van der Waals surface area (Å²) in [7, 11) is 0. The van der Waals surface area contributed by atoms with E-state index in [-0.39, 0.29) is 6.10 Å². The van der Waals surface area contributed by atoms with Crippen LogP contribution < -0.4 is 4.74 Å². The zero-order valence-electron chi connectivity index (χ0n) is 21.5. The minimum absolute atomic E-state index is 0.266. The van der Waals surface area contributed by atoms with E-state index in [4.69, 9.17) is 9.84 Å². The molecule has 0 aromatic heterocycles. The van der Waals surface area contributed by atoms with Gasteiger partial charge in [-0.05, 0) is 62.1 Å². The fourth-order valence-corrected chi connectivity index (χ4v) is 4.16. The Balaban J connectivity index is 1.48. The third-order valence-electron chi connectivity index (χ3n) is 6.30. The highest BCUT2D eigenvalue weighted by Crippen LogP contribution is 2.23. The van der Waals surface area contributed by atoms with Crippen molar-refractivity contribution in [3.63, 3.8) is 0 Å². The number of benzene rings is 2. The molecule has 1 unspecified atom stereocenters. The molecule has 0 aliphatic heterocycles. The van der Waals surface area contributed by atoms with Gasteiger partial charge in [0.15, 0.2) is 0 Å². The van der Waals surface area contributed by atoms with Gasteiger partial charge in [0.2, 0.25) is 0 Å². The van der Waals surface area contributed by atoms with E-state index in [1.54, 1.807) is 0 Å². The first-order valence-corrected chi connectivity index (χ1v) is 13.6. The van der Waals surface area contributed by atoms with Crippen molar-refractivity contribution >= 4 is 17.3 Å². The maximum absolute atomic E-state index is 10.5. The van der Waals surface area contributed by atoms with E-state index >= 15 is 0 Å². The van der Waals surface area contributed by atoms with E-state index in [0.717, 1.165) is 42.8 Å². The summed E-state index contributed by atoms with van der Waals surface area (Å²) in [6, 6.07) is 17.6. The SMILES string of the molecule is CCC(CCCCCCCCCCCCCCC(=O)O)Oc1ccc(N=Nc2ccccc2)cc1. The fraction of sp³-hybridized carbons (Fsp3) is 0.567. The van der Waals surface area contributed by atoms with Gasteiger partial charge in [0.05, 0.1) is 17.5 Å². The normalized spacial score (nSPS) is 12.1. The Bertz CT molecular complexity index is 821. The molecule has 192 valence electrons. The molecule has 0 heterocycles. The largest absolute Gasteiger partial charge is 0.490 e. The molecule has 2 aromatic carbocycles. The first-order valence-electron chi connectivity index (χ1n) is 13.6. The van der Waals surface area contributed by atoms with Gasteiger partial charge >= 0.3 is 5.97 Å². The van der Waals surface area contributed by atoms with E-state index < -0.39 is 5.97 Å². The van der Waals surface area contributed by atoms with Crippen LogP contribution in [-0.4, -0.2) is 17.2 Å². The predicted molar refractivity (Wildman–Crippen MR) is 144 cm³/mol. The molecule has 2 rings (SSSR count). The Labute approximate surface area is 212 Å². The lowest BCUT2D eigenvalue weighted by Crippen LogP contribution is -2.15. The van der Waals surface area contributed by atoms with Crippen LogP contribution in [0.2, 0.25) is 0 Å². The molecular formula is C30H44N2O3. The van der Waals surface area contributed by atoms with Crippen LogP contribution in [0.25, 0.3) is 0 Å². The van der Waals surface area contributed by atoms with Gasteiger partial charge in [0.25, 0.3) is 0 Å². The molecule has 0 saturated heterocycles. The van der Waals surface area contributed by atoms with E-state index in [2.05, 4.69) is 17.2 Å². The van der Waals surface area contributed by atoms with Crippen molar-refractivity contribution in [1.82, 2.24) is 0 Å². The number of nitrogens with zero attached hydrogens (tertiary/aromatic N) is 2. The van der Waals surface area contributed by atoms with Gasteiger partial charge in [-0.15, -0.1) is 0 Å². The minimum atomic E-state index is -0.670. The van der Waals surface area contributed by atoms with Gasteiger partial charge in [-0.25, -0.2) is 0 Å². The summed E-state index contributed by atoms with van der Waals surface area (Å²) in [5, 5.41) is 17.2.